The van der Waals surface area contributed by atoms with Gasteiger partial charge in [-0.15, -0.1) is 11.3 Å². The van der Waals surface area contributed by atoms with Crippen LogP contribution in [-0.4, -0.2) is 30.8 Å². The minimum Gasteiger partial charge on any atom is -0.348 e. The molecule has 1 aliphatic carbocycles. The first kappa shape index (κ1) is 20.0. The van der Waals surface area contributed by atoms with Crippen molar-refractivity contribution in [1.82, 2.24) is 4.90 Å². The zero-order valence-corrected chi connectivity index (χ0v) is 16.9. The summed E-state index contributed by atoms with van der Waals surface area (Å²) < 4.78 is 0. The van der Waals surface area contributed by atoms with Crippen LogP contribution in [-0.2, 0) is 22.4 Å². The number of hydrogen-bond donors (Lipinski definition) is 1. The van der Waals surface area contributed by atoms with Crippen molar-refractivity contribution in [2.75, 3.05) is 19.4 Å². The number of nitrogens with one attached hydrogen (secondary N) is 1. The molecule has 1 aliphatic rings. The van der Waals surface area contributed by atoms with Crippen molar-refractivity contribution in [3.63, 3.8) is 0 Å². The molecule has 0 fully saturated rings. The van der Waals surface area contributed by atoms with Crippen LogP contribution in [0.3, 0.4) is 0 Å². The van der Waals surface area contributed by atoms with E-state index in [-0.39, 0.29) is 18.2 Å². The van der Waals surface area contributed by atoms with E-state index in [1.807, 2.05) is 13.8 Å². The molecule has 140 valence electrons. The highest BCUT2D eigenvalue weighted by Gasteiger charge is 2.38. The first-order valence-electron chi connectivity index (χ1n) is 9.55. The second kappa shape index (κ2) is 8.84. The van der Waals surface area contributed by atoms with Gasteiger partial charge in [0.25, 0.3) is 0 Å². The molecule has 5 heteroatoms. The number of nitrogens with zero attached hydrogens (tertiary/aromatic N) is 1. The lowest BCUT2D eigenvalue weighted by molar-refractivity contribution is -0.143. The molecule has 0 aromatic carbocycles. The topological polar surface area (TPSA) is 49.4 Å². The van der Waals surface area contributed by atoms with Crippen molar-refractivity contribution in [2.45, 2.75) is 71.6 Å². The fourth-order valence-corrected chi connectivity index (χ4v) is 4.92. The minimum absolute atomic E-state index is 0.0473. The normalized spacial score (nSPS) is 15.0. The highest BCUT2D eigenvalue weighted by Crippen LogP contribution is 2.35. The summed E-state index contributed by atoms with van der Waals surface area (Å²) in [6, 6.07) is 2.15. The third kappa shape index (κ3) is 4.84. The number of amides is 2. The van der Waals surface area contributed by atoms with E-state index >= 15 is 0 Å². The monoisotopic (exact) mass is 364 g/mol. The Balaban J connectivity index is 2.08. The van der Waals surface area contributed by atoms with Gasteiger partial charge < -0.3 is 10.2 Å². The van der Waals surface area contributed by atoms with Crippen LogP contribution in [0, 0.1) is 5.41 Å². The number of anilines is 1. The highest BCUT2D eigenvalue weighted by molar-refractivity contribution is 7.16. The summed E-state index contributed by atoms with van der Waals surface area (Å²) >= 11 is 1.71. The van der Waals surface area contributed by atoms with E-state index in [9.17, 15) is 9.59 Å². The van der Waals surface area contributed by atoms with Crippen LogP contribution in [0.4, 0.5) is 5.00 Å². The van der Waals surface area contributed by atoms with Crippen LogP contribution in [0.5, 0.6) is 0 Å². The van der Waals surface area contributed by atoms with Gasteiger partial charge in [-0.05, 0) is 50.2 Å². The number of thiophene rings is 1. The number of rotatable bonds is 6. The Bertz CT molecular complexity index is 577. The number of carbonyl (C=O) groups is 2. The maximum absolute atomic E-state index is 12.6. The van der Waals surface area contributed by atoms with Crippen LogP contribution in [0.2, 0.25) is 0 Å². The maximum Gasteiger partial charge on any atom is 0.228 e. The van der Waals surface area contributed by atoms with Gasteiger partial charge in [0.2, 0.25) is 11.8 Å². The summed E-state index contributed by atoms with van der Waals surface area (Å²) in [5.74, 6) is -0.000721. The van der Waals surface area contributed by atoms with Gasteiger partial charge in [-0.25, -0.2) is 0 Å². The molecule has 1 aromatic heterocycles. The van der Waals surface area contributed by atoms with Crippen LogP contribution in [0.15, 0.2) is 6.07 Å². The summed E-state index contributed by atoms with van der Waals surface area (Å²) in [5, 5.41) is 4.01. The lowest BCUT2D eigenvalue weighted by atomic mass is 9.77. The summed E-state index contributed by atoms with van der Waals surface area (Å²) in [4.78, 5) is 28.3. The molecule has 1 aromatic rings. The summed E-state index contributed by atoms with van der Waals surface area (Å²) in [7, 11) is 3.53. The lowest BCUT2D eigenvalue weighted by Crippen LogP contribution is -2.42. The van der Waals surface area contributed by atoms with Crippen molar-refractivity contribution < 1.29 is 9.59 Å². The van der Waals surface area contributed by atoms with Crippen molar-refractivity contribution in [1.29, 1.82) is 0 Å². The highest BCUT2D eigenvalue weighted by atomic mass is 32.1. The standard InChI is InChI=1S/C20H32N2O2S/c1-5-20(6-2,19(24)22(3)4)14-17(23)21-18-13-15-11-9-7-8-10-12-16(15)25-18/h13H,5-12,14H2,1-4H3,(H,21,23). The Hall–Kier alpha value is -1.36. The molecular weight excluding hydrogens is 332 g/mol. The molecule has 1 heterocycles. The van der Waals surface area contributed by atoms with E-state index in [0.29, 0.717) is 12.8 Å². The van der Waals surface area contributed by atoms with E-state index in [2.05, 4.69) is 11.4 Å². The molecule has 25 heavy (non-hydrogen) atoms. The van der Waals surface area contributed by atoms with Crippen LogP contribution >= 0.6 is 11.3 Å². The van der Waals surface area contributed by atoms with Crippen LogP contribution in [0.1, 0.15) is 69.2 Å². The first-order valence-corrected chi connectivity index (χ1v) is 10.4. The molecule has 0 unspecified atom stereocenters. The zero-order valence-electron chi connectivity index (χ0n) is 16.1. The second-order valence-corrected chi connectivity index (χ2v) is 8.52. The molecule has 0 aliphatic heterocycles. The average molecular weight is 365 g/mol. The third-order valence-electron chi connectivity index (χ3n) is 5.47. The third-order valence-corrected chi connectivity index (χ3v) is 6.62. The van der Waals surface area contributed by atoms with Gasteiger partial charge in [0.1, 0.15) is 0 Å². The van der Waals surface area contributed by atoms with Gasteiger partial charge in [0.05, 0.1) is 10.4 Å². The molecule has 1 N–H and O–H groups in total. The number of fused-ring (bicyclic) bond motifs is 1. The Morgan fingerprint density at radius 2 is 1.76 bits per heavy atom. The van der Waals surface area contributed by atoms with Gasteiger partial charge in [0, 0.05) is 25.4 Å². The molecule has 2 rings (SSSR count). The predicted molar refractivity (Wildman–Crippen MR) is 105 cm³/mol. The molecule has 0 radical (unpaired) electrons. The summed E-state index contributed by atoms with van der Waals surface area (Å²) in [6.07, 6.45) is 8.94. The molecule has 0 saturated carbocycles. The van der Waals surface area contributed by atoms with E-state index in [0.717, 1.165) is 17.8 Å². The fraction of sp³-hybridized carbons (Fsp3) is 0.700. The molecule has 2 amide bonds. The molecule has 0 atom stereocenters. The van der Waals surface area contributed by atoms with E-state index in [4.69, 9.17) is 0 Å². The molecule has 0 spiro atoms. The van der Waals surface area contributed by atoms with Crippen molar-refractivity contribution >= 4 is 28.2 Å². The average Bonchev–Trinajstić information content (AvgIpc) is 2.92. The molecule has 0 saturated heterocycles. The van der Waals surface area contributed by atoms with Gasteiger partial charge in [-0.3, -0.25) is 9.59 Å². The minimum atomic E-state index is -0.598. The largest absolute Gasteiger partial charge is 0.348 e. The Labute approximate surface area is 156 Å². The van der Waals surface area contributed by atoms with E-state index < -0.39 is 5.41 Å². The summed E-state index contributed by atoms with van der Waals surface area (Å²) in [6.45, 7) is 3.99. The quantitative estimate of drug-likeness (QED) is 0.800. The van der Waals surface area contributed by atoms with Crippen LogP contribution in [0.25, 0.3) is 0 Å². The van der Waals surface area contributed by atoms with Gasteiger partial charge in [-0.1, -0.05) is 26.7 Å². The lowest BCUT2D eigenvalue weighted by Gasteiger charge is -2.32. The molecular formula is C20H32N2O2S. The first-order chi connectivity index (χ1) is 11.9. The Morgan fingerprint density at radius 3 is 2.36 bits per heavy atom. The fourth-order valence-electron chi connectivity index (χ4n) is 3.75. The smallest absolute Gasteiger partial charge is 0.228 e. The predicted octanol–water partition coefficient (Wildman–Crippen LogP) is 4.63. The van der Waals surface area contributed by atoms with Crippen molar-refractivity contribution in [3.05, 3.63) is 16.5 Å². The zero-order chi connectivity index (χ0) is 18.4. The number of aryl methyl sites for hydroxylation is 2. The molecule has 0 bridgehead atoms. The Morgan fingerprint density at radius 1 is 1.12 bits per heavy atom. The van der Waals surface area contributed by atoms with Crippen molar-refractivity contribution in [3.8, 4) is 0 Å². The van der Waals surface area contributed by atoms with Crippen molar-refractivity contribution in [2.24, 2.45) is 5.41 Å². The van der Waals surface area contributed by atoms with E-state index in [1.165, 1.54) is 36.1 Å². The van der Waals surface area contributed by atoms with Crippen LogP contribution < -0.4 is 5.32 Å². The number of hydrogen-bond acceptors (Lipinski definition) is 3. The number of carbonyl (C=O) groups excluding carboxylic acids is 2. The van der Waals surface area contributed by atoms with Gasteiger partial charge in [0.15, 0.2) is 0 Å². The Kier molecular flexibility index (Phi) is 7.05. The summed E-state index contributed by atoms with van der Waals surface area (Å²) in [5.41, 5.74) is 0.806. The second-order valence-electron chi connectivity index (χ2n) is 7.39. The van der Waals surface area contributed by atoms with Gasteiger partial charge in [-0.2, -0.15) is 0 Å². The van der Waals surface area contributed by atoms with Gasteiger partial charge >= 0.3 is 0 Å². The molecule has 4 nitrogen and oxygen atoms in total. The van der Waals surface area contributed by atoms with E-state index in [1.54, 1.807) is 30.3 Å². The SMILES string of the molecule is CCC(CC)(CC(=O)Nc1cc2c(s1)CCCCCC2)C(=O)N(C)C. The maximum atomic E-state index is 12.6.